The summed E-state index contributed by atoms with van der Waals surface area (Å²) in [7, 11) is 1.45. The number of aromatic carboxylic acids is 1. The van der Waals surface area contributed by atoms with Crippen LogP contribution < -0.4 is 56.9 Å². The van der Waals surface area contributed by atoms with Gasteiger partial charge < -0.3 is 72.3 Å². The molecule has 5 atom stereocenters. The molecule has 4 aromatic heterocycles. The Labute approximate surface area is 715 Å². The lowest BCUT2D eigenvalue weighted by Crippen LogP contribution is -2.50. The molecule has 121 heavy (non-hydrogen) atoms. The molecular formula is C90H98BrClN6O22S-2. The number of fused-ring (bicyclic) bond motifs is 13. The van der Waals surface area contributed by atoms with Gasteiger partial charge in [-0.1, -0.05) is 61.4 Å². The number of carboxylic acid groups (broad SMARTS) is 2. The highest BCUT2D eigenvalue weighted by atomic mass is 79.9. The van der Waals surface area contributed by atoms with Crippen LogP contribution in [0, 0.1) is 11.8 Å². The molecule has 2 fully saturated rings. The number of rotatable bonds is 22. The lowest BCUT2D eigenvalue weighted by molar-refractivity contribution is -0.297. The fraction of sp³-hybridized carbons (Fsp3) is 0.433. The van der Waals surface area contributed by atoms with Crippen LogP contribution in [0.25, 0.3) is 38.4 Å². The number of ketones is 5. The molecule has 8 aromatic rings. The van der Waals surface area contributed by atoms with Gasteiger partial charge in [-0.05, 0) is 217 Å². The lowest BCUT2D eigenvalue weighted by Gasteiger charge is -2.43. The molecule has 642 valence electrons. The second kappa shape index (κ2) is 39.3. The van der Waals surface area contributed by atoms with Gasteiger partial charge in [0, 0.05) is 102 Å². The molecule has 0 radical (unpaired) electrons. The van der Waals surface area contributed by atoms with Gasteiger partial charge >= 0.3 is 11.3 Å². The van der Waals surface area contributed by atoms with E-state index in [4.69, 9.17) is 44.4 Å². The first-order chi connectivity index (χ1) is 57.4. The fourth-order valence-electron chi connectivity index (χ4n) is 16.3. The monoisotopic (exact) mass is 1760 g/mol. The first kappa shape index (κ1) is 90.8. The zero-order valence-corrected chi connectivity index (χ0v) is 72.6. The number of benzene rings is 4. The fourth-order valence-corrected chi connectivity index (χ4v) is 18.2. The molecule has 28 nitrogen and oxygen atoms in total. The highest BCUT2D eigenvalue weighted by Gasteiger charge is 2.41. The van der Waals surface area contributed by atoms with Crippen molar-refractivity contribution < 1.29 is 86.2 Å². The van der Waals surface area contributed by atoms with Crippen molar-refractivity contribution >= 4 is 124 Å². The highest BCUT2D eigenvalue weighted by molar-refractivity contribution is 9.10. The van der Waals surface area contributed by atoms with Crippen molar-refractivity contribution in [2.75, 3.05) is 65.0 Å². The zero-order valence-electron chi connectivity index (χ0n) is 69.4. The zero-order chi connectivity index (χ0) is 87.6. The molecule has 2 bridgehead atoms. The van der Waals surface area contributed by atoms with Crippen LogP contribution in [-0.2, 0) is 93.3 Å². The smallest absolute Gasteiger partial charge is 0.336 e. The molecule has 10 heterocycles. The van der Waals surface area contributed by atoms with Crippen LogP contribution in [0.3, 0.4) is 0 Å². The van der Waals surface area contributed by atoms with E-state index in [1.54, 1.807) is 42.2 Å². The molecular weight excluding hydrogens is 1660 g/mol. The van der Waals surface area contributed by atoms with Crippen molar-refractivity contribution in [3.05, 3.63) is 192 Å². The van der Waals surface area contributed by atoms with Crippen molar-refractivity contribution in [1.82, 2.24) is 23.5 Å². The Bertz CT molecular complexity index is 5690. The van der Waals surface area contributed by atoms with Crippen molar-refractivity contribution in [3.63, 3.8) is 0 Å². The number of amides is 2. The number of halogens is 2. The standard InChI is InChI=1S/C22H23ClN2O4.C20H25N3O5S.C20H24O5.C15H15NO3.C13H13BrO5/c1-14(26)12-29-13-21(28)24-9-15-8-17(11-24)22-19(6-7-20(27)25(22)10-15)16-2-4-18(23)5-3-16;1-12(24)9-22-17(26)16-13-8-20(2,3)28-11-14(13)29-18(16)23(19(22)27)10-15(25)21-6-4-5-7-21;1-5-6-13-9-17(22)24-19-14-7-8-20(3,4)25-15(14)10-16(18(13)19)23-11-12(2)21;1-8(17)14-11-4-2-3-10(11)12-7-9(15(18)19)5-6-13(12)16-14;1-8(15)7-19-13-10(14)5-9(3-4-12(16)17)6-11(13)18-2/h2-7,15,17H,8-13H2,1H3;4-11H2,1-3H3;9-10H,5-8,11H2,1-4H3;2-3,5-7,10-11,14,16H,4H2,1H3,(H,18,19);3-6H,7H2,1-2H3,(H,16,17)/p-2/b;;;;4-3+. The molecule has 1 N–H and O–H groups in total. The predicted octanol–water partition coefficient (Wildman–Crippen LogP) is 10.1. The summed E-state index contributed by atoms with van der Waals surface area (Å²) in [6, 6.07) is 22.4. The van der Waals surface area contributed by atoms with Crippen LogP contribution in [0.5, 0.6) is 23.0 Å². The number of nitrogens with zero attached hydrogens (tertiary/aromatic N) is 5. The molecule has 7 aliphatic rings. The first-order valence-electron chi connectivity index (χ1n) is 40.1. The minimum atomic E-state index is -1.29. The maximum absolute atomic E-state index is 13.2. The topological polar surface area (TPSA) is 370 Å². The summed E-state index contributed by atoms with van der Waals surface area (Å²) >= 11 is 10.7. The van der Waals surface area contributed by atoms with E-state index >= 15 is 0 Å². The number of aliphatic carboxylic acids is 1. The van der Waals surface area contributed by atoms with E-state index in [2.05, 4.69) is 40.3 Å². The minimum absolute atomic E-state index is 0.00279. The van der Waals surface area contributed by atoms with Crippen LogP contribution in [0.2, 0.25) is 5.02 Å². The van der Waals surface area contributed by atoms with Gasteiger partial charge in [0.2, 0.25) is 11.8 Å². The molecule has 31 heteroatoms. The number of thiophene rings is 1. The number of aryl methyl sites for hydroxylation is 2. The number of methoxy groups -OCH3 is 1. The SMILES string of the molecule is CC(=O)C1Nc2ccc(C(=O)[O-])cc2C2C=CCC12.CC(=O)COCC(=O)N1CC2CC(C1)c1c(-c3ccc(Cl)cc3)ccc(=O)n1C2.CC(=O)Cn1c(=O)c2c3c(sc2n(CC(=O)N2CCCC2)c1=O)COC(C)(C)C3.CCCc1cc(=O)oc2c3c(cc(OCC(C)=O)c12)OC(C)(C)CC3.COc1cc(/C=C/C(=O)[O-])cc(Br)c1OCC(C)=O. The number of aromatic nitrogens is 3. The second-order valence-electron chi connectivity index (χ2n) is 32.4. The Morgan fingerprint density at radius 3 is 2.12 bits per heavy atom. The maximum atomic E-state index is 13.2. The second-order valence-corrected chi connectivity index (χ2v) is 34.8. The van der Waals surface area contributed by atoms with Crippen molar-refractivity contribution in [2.24, 2.45) is 11.8 Å². The molecule has 1 aliphatic carbocycles. The number of hydrogen-bond donors (Lipinski definition) is 1. The van der Waals surface area contributed by atoms with Crippen LogP contribution >= 0.6 is 38.9 Å². The van der Waals surface area contributed by atoms with E-state index in [0.717, 1.165) is 117 Å². The van der Waals surface area contributed by atoms with Gasteiger partial charge in [0.1, 0.15) is 66.3 Å². The normalized spacial score (nSPS) is 18.4. The Morgan fingerprint density at radius 1 is 0.744 bits per heavy atom. The predicted molar refractivity (Wildman–Crippen MR) is 455 cm³/mol. The van der Waals surface area contributed by atoms with Gasteiger partial charge in [-0.2, -0.15) is 0 Å². The first-order valence-corrected chi connectivity index (χ1v) is 42.1. The number of piperidine rings is 1. The molecule has 5 unspecified atom stereocenters. The largest absolute Gasteiger partial charge is 0.545 e. The number of carbonyl (C=O) groups excluding carboxylic acids is 9. The number of ether oxygens (including phenoxy) is 6. The Hall–Kier alpha value is -10.9. The van der Waals surface area contributed by atoms with Gasteiger partial charge in [0.25, 0.3) is 11.1 Å². The molecule has 2 amide bonds. The van der Waals surface area contributed by atoms with Gasteiger partial charge in [-0.15, -0.1) is 11.3 Å². The van der Waals surface area contributed by atoms with Crippen LogP contribution in [-0.4, -0.2) is 153 Å². The van der Waals surface area contributed by atoms with Crippen molar-refractivity contribution in [3.8, 4) is 34.1 Å². The summed E-state index contributed by atoms with van der Waals surface area (Å²) in [5.41, 5.74) is 6.60. The number of pyridine rings is 1. The Kier molecular flexibility index (Phi) is 29.5. The molecule has 0 spiro atoms. The molecule has 0 saturated carbocycles. The van der Waals surface area contributed by atoms with E-state index in [9.17, 15) is 72.5 Å². The number of anilines is 1. The van der Waals surface area contributed by atoms with Gasteiger partial charge in [-0.3, -0.25) is 52.3 Å². The Morgan fingerprint density at radius 2 is 1.45 bits per heavy atom. The van der Waals surface area contributed by atoms with Crippen molar-refractivity contribution in [2.45, 2.75) is 182 Å². The summed E-state index contributed by atoms with van der Waals surface area (Å²) in [4.78, 5) is 159. The summed E-state index contributed by atoms with van der Waals surface area (Å²) in [6.07, 6.45) is 13.9. The number of likely N-dealkylation sites (tertiary alicyclic amines) is 2. The van der Waals surface area contributed by atoms with E-state index in [1.807, 2.05) is 73.6 Å². The minimum Gasteiger partial charge on any atom is -0.545 e. The molecule has 6 aliphatic heterocycles. The summed E-state index contributed by atoms with van der Waals surface area (Å²) in [5, 5.41) is 26.4. The average Bonchev–Trinajstić information content (AvgIpc) is 1.72. The van der Waals surface area contributed by atoms with E-state index in [1.165, 1.54) is 68.9 Å². The molecule has 15 rings (SSSR count). The third-order valence-electron chi connectivity index (χ3n) is 21.8. The lowest BCUT2D eigenvalue weighted by atomic mass is 9.78. The van der Waals surface area contributed by atoms with Gasteiger partial charge in [0.15, 0.2) is 34.6 Å². The average molecular weight is 1760 g/mol. The van der Waals surface area contributed by atoms with E-state index in [0.29, 0.717) is 99.6 Å². The van der Waals surface area contributed by atoms with Gasteiger partial charge in [0.05, 0.1) is 59.1 Å². The number of carboxylic acids is 2. The summed E-state index contributed by atoms with van der Waals surface area (Å²) in [6.45, 7) is 20.1. The van der Waals surface area contributed by atoms with Crippen LogP contribution in [0.15, 0.2) is 125 Å². The Balaban J connectivity index is 0.000000149. The van der Waals surface area contributed by atoms with Crippen LogP contribution in [0.4, 0.5) is 5.69 Å². The number of hydrogen-bond acceptors (Lipinski definition) is 24. The molecule has 4 aromatic carbocycles. The number of carbonyl (C=O) groups is 9. The summed E-state index contributed by atoms with van der Waals surface area (Å²) in [5.74, 6) is -0.552. The third kappa shape index (κ3) is 22.1. The van der Waals surface area contributed by atoms with Crippen molar-refractivity contribution in [1.29, 1.82) is 0 Å². The van der Waals surface area contributed by atoms with Crippen LogP contribution in [0.1, 0.15) is 168 Å². The van der Waals surface area contributed by atoms with E-state index < -0.39 is 28.8 Å². The third-order valence-corrected chi connectivity index (χ3v) is 23.8. The number of Topliss-reactive ketones (excluding diaryl/α,β-unsaturated/α-hetero) is 5. The maximum Gasteiger partial charge on any atom is 0.336 e. The van der Waals surface area contributed by atoms with E-state index in [-0.39, 0.29) is 132 Å². The quantitative estimate of drug-likeness (QED) is 0.0374. The number of allylic oxidation sites excluding steroid dienone is 2. The summed E-state index contributed by atoms with van der Waals surface area (Å²) < 4.78 is 43.7. The molecule has 2 saturated heterocycles. The number of nitrogens with one attached hydrogen (secondary N) is 1. The highest BCUT2D eigenvalue weighted by Crippen LogP contribution is 2.47. The van der Waals surface area contributed by atoms with Gasteiger partial charge in [-0.25, -0.2) is 9.59 Å².